The van der Waals surface area contributed by atoms with E-state index in [9.17, 15) is 9.59 Å². The molecule has 2 N–H and O–H groups in total. The van der Waals surface area contributed by atoms with Crippen LogP contribution in [0.2, 0.25) is 5.02 Å². The van der Waals surface area contributed by atoms with E-state index >= 15 is 0 Å². The van der Waals surface area contributed by atoms with E-state index < -0.39 is 5.97 Å². The molecule has 0 atom stereocenters. The maximum atomic E-state index is 13.3. The third-order valence-corrected chi connectivity index (χ3v) is 6.93. The second kappa shape index (κ2) is 12.2. The molecular weight excluding hydrogens is 554 g/mol. The number of nitrogens with zero attached hydrogens (tertiary/aromatic N) is 1. The summed E-state index contributed by atoms with van der Waals surface area (Å²) in [6, 6.07) is 23.5. The molecule has 0 unspecified atom stereocenters. The van der Waals surface area contributed by atoms with Crippen LogP contribution in [0.5, 0.6) is 17.2 Å². The zero-order chi connectivity index (χ0) is 29.8. The molecule has 0 aliphatic rings. The van der Waals surface area contributed by atoms with Crippen LogP contribution >= 0.6 is 11.6 Å². The topological polar surface area (TPSA) is 102 Å². The second-order valence-electron chi connectivity index (χ2n) is 9.59. The zero-order valence-electron chi connectivity index (χ0n) is 23.4. The number of esters is 1. The molecule has 5 rings (SSSR count). The average molecular weight is 582 g/mol. The number of hydrogen-bond acceptors (Lipinski definition) is 6. The molecule has 1 aromatic heterocycles. The number of H-pyrrole nitrogens is 1. The summed E-state index contributed by atoms with van der Waals surface area (Å²) >= 11 is 6.05. The highest BCUT2D eigenvalue weighted by atomic mass is 35.5. The summed E-state index contributed by atoms with van der Waals surface area (Å²) in [6.45, 7) is 4.05. The molecule has 0 aliphatic carbocycles. The molecule has 5 aromatic rings. The van der Waals surface area contributed by atoms with Gasteiger partial charge in [-0.2, -0.15) is 5.10 Å². The van der Waals surface area contributed by atoms with Crippen molar-refractivity contribution in [3.8, 4) is 28.4 Å². The Morgan fingerprint density at radius 1 is 0.881 bits per heavy atom. The van der Waals surface area contributed by atoms with Crippen LogP contribution in [0.4, 0.5) is 0 Å². The minimum Gasteiger partial charge on any atom is -0.496 e. The second-order valence-corrected chi connectivity index (χ2v) is 10.0. The van der Waals surface area contributed by atoms with E-state index in [4.69, 9.17) is 25.8 Å². The number of nitrogens with one attached hydrogen (secondary N) is 2. The minimum absolute atomic E-state index is 0.178. The highest BCUT2D eigenvalue weighted by molar-refractivity contribution is 6.31. The van der Waals surface area contributed by atoms with E-state index in [2.05, 4.69) is 27.6 Å². The number of hydrazone groups is 1. The van der Waals surface area contributed by atoms with Crippen molar-refractivity contribution in [3.05, 3.63) is 112 Å². The number of hydrogen-bond donors (Lipinski definition) is 2. The largest absolute Gasteiger partial charge is 0.496 e. The minimum atomic E-state index is -0.653. The Balaban J connectivity index is 1.37. The van der Waals surface area contributed by atoms with Crippen molar-refractivity contribution in [3.63, 3.8) is 0 Å². The van der Waals surface area contributed by atoms with Crippen LogP contribution in [0.3, 0.4) is 0 Å². The van der Waals surface area contributed by atoms with E-state index in [1.807, 2.05) is 44.2 Å². The number of aryl methyl sites for hydroxylation is 2. The Labute approximate surface area is 247 Å². The van der Waals surface area contributed by atoms with Crippen molar-refractivity contribution < 1.29 is 23.8 Å². The van der Waals surface area contributed by atoms with Crippen molar-refractivity contribution in [2.45, 2.75) is 13.8 Å². The Morgan fingerprint density at radius 2 is 1.62 bits per heavy atom. The Morgan fingerprint density at radius 3 is 2.36 bits per heavy atom. The quantitative estimate of drug-likeness (QED) is 0.0880. The molecule has 0 aliphatic heterocycles. The Kier molecular flexibility index (Phi) is 8.26. The maximum absolute atomic E-state index is 13.3. The normalized spacial score (nSPS) is 11.1. The lowest BCUT2D eigenvalue weighted by Gasteiger charge is -2.12. The summed E-state index contributed by atoms with van der Waals surface area (Å²) in [6.07, 6.45) is 1.48. The van der Waals surface area contributed by atoms with Gasteiger partial charge in [-0.1, -0.05) is 53.6 Å². The van der Waals surface area contributed by atoms with Gasteiger partial charge in [0.05, 0.1) is 20.4 Å². The third-order valence-electron chi connectivity index (χ3n) is 6.69. The summed E-state index contributed by atoms with van der Waals surface area (Å²) < 4.78 is 16.2. The molecule has 1 amide bonds. The van der Waals surface area contributed by atoms with Crippen LogP contribution < -0.4 is 19.6 Å². The summed E-state index contributed by atoms with van der Waals surface area (Å²) in [7, 11) is 2.91. The van der Waals surface area contributed by atoms with Crippen molar-refractivity contribution in [1.29, 1.82) is 0 Å². The molecule has 212 valence electrons. The van der Waals surface area contributed by atoms with Gasteiger partial charge < -0.3 is 19.2 Å². The first-order chi connectivity index (χ1) is 20.3. The van der Waals surface area contributed by atoms with Crippen LogP contribution in [0.15, 0.2) is 84.0 Å². The van der Waals surface area contributed by atoms with Gasteiger partial charge in [-0.15, -0.1) is 0 Å². The van der Waals surface area contributed by atoms with Gasteiger partial charge in [0, 0.05) is 21.5 Å². The van der Waals surface area contributed by atoms with Crippen LogP contribution in [0.25, 0.3) is 22.0 Å². The summed E-state index contributed by atoms with van der Waals surface area (Å²) in [5.41, 5.74) is 8.62. The van der Waals surface area contributed by atoms with Crippen molar-refractivity contribution in [1.82, 2.24) is 10.4 Å². The standard InChI is InChI=1S/C33H28ClN3O5/c1-19-14-20(2)30-25(15-19)29(22-8-6-5-7-9-22)31(36-30)32(38)37-35-18-21-10-12-27(28(16-21)41-4)42-33(39)24-17-23(34)11-13-26(24)40-3/h5-18,36H,1-4H3,(H,37,38). The van der Waals surface area contributed by atoms with Gasteiger partial charge in [0.1, 0.15) is 17.0 Å². The molecule has 0 fully saturated rings. The average Bonchev–Trinajstić information content (AvgIpc) is 3.38. The third kappa shape index (κ3) is 5.84. The molecule has 1 heterocycles. The Hall–Kier alpha value is -5.08. The van der Waals surface area contributed by atoms with E-state index in [1.54, 1.807) is 30.3 Å². The number of benzene rings is 4. The van der Waals surface area contributed by atoms with Gasteiger partial charge in [0.2, 0.25) is 0 Å². The lowest BCUT2D eigenvalue weighted by Crippen LogP contribution is -2.18. The summed E-state index contributed by atoms with van der Waals surface area (Å²) in [4.78, 5) is 29.5. The highest BCUT2D eigenvalue weighted by Crippen LogP contribution is 2.35. The van der Waals surface area contributed by atoms with Crippen molar-refractivity contribution in [2.75, 3.05) is 14.2 Å². The number of amides is 1. The number of aromatic nitrogens is 1. The van der Waals surface area contributed by atoms with E-state index in [0.717, 1.165) is 33.2 Å². The fourth-order valence-electron chi connectivity index (χ4n) is 4.79. The van der Waals surface area contributed by atoms with Gasteiger partial charge in [-0.25, -0.2) is 10.2 Å². The van der Waals surface area contributed by atoms with Gasteiger partial charge >= 0.3 is 5.97 Å². The summed E-state index contributed by atoms with van der Waals surface area (Å²) in [5, 5.41) is 5.51. The number of halogens is 1. The number of aromatic amines is 1. The van der Waals surface area contributed by atoms with Crippen LogP contribution in [0.1, 0.15) is 37.5 Å². The first-order valence-corrected chi connectivity index (χ1v) is 13.4. The number of methoxy groups -OCH3 is 2. The van der Waals surface area contributed by atoms with Crippen molar-refractivity contribution >= 4 is 40.6 Å². The Bertz CT molecular complexity index is 1830. The molecule has 0 radical (unpaired) electrons. The van der Waals surface area contributed by atoms with Crippen LogP contribution in [-0.2, 0) is 0 Å². The van der Waals surface area contributed by atoms with Gasteiger partial charge in [-0.3, -0.25) is 4.79 Å². The molecule has 4 aromatic carbocycles. The number of fused-ring (bicyclic) bond motifs is 1. The number of carbonyl (C=O) groups is 2. The van der Waals surface area contributed by atoms with Gasteiger partial charge in [-0.05, 0) is 73.0 Å². The lowest BCUT2D eigenvalue weighted by atomic mass is 9.99. The fourth-order valence-corrected chi connectivity index (χ4v) is 4.96. The molecule has 0 spiro atoms. The van der Waals surface area contributed by atoms with E-state index in [0.29, 0.717) is 27.8 Å². The van der Waals surface area contributed by atoms with Gasteiger partial charge in [0.15, 0.2) is 11.5 Å². The zero-order valence-corrected chi connectivity index (χ0v) is 24.2. The SMILES string of the molecule is COc1cc(C=NNC(=O)c2[nH]c3c(C)cc(C)cc3c2-c2ccccc2)ccc1OC(=O)c1cc(Cl)ccc1OC. The molecule has 0 bridgehead atoms. The van der Waals surface area contributed by atoms with Crippen molar-refractivity contribution in [2.24, 2.45) is 5.10 Å². The van der Waals surface area contributed by atoms with Crippen LogP contribution in [0, 0.1) is 13.8 Å². The van der Waals surface area contributed by atoms with E-state index in [-0.39, 0.29) is 17.2 Å². The predicted octanol–water partition coefficient (Wildman–Crippen LogP) is 7.11. The molecule has 9 heteroatoms. The van der Waals surface area contributed by atoms with E-state index in [1.165, 1.54) is 26.5 Å². The predicted molar refractivity (Wildman–Crippen MR) is 164 cm³/mol. The maximum Gasteiger partial charge on any atom is 0.347 e. The molecule has 42 heavy (non-hydrogen) atoms. The van der Waals surface area contributed by atoms with Gasteiger partial charge in [0.25, 0.3) is 5.91 Å². The lowest BCUT2D eigenvalue weighted by molar-refractivity contribution is 0.0726. The molecular formula is C33H28ClN3O5. The number of ether oxygens (including phenoxy) is 3. The van der Waals surface area contributed by atoms with Crippen LogP contribution in [-0.4, -0.2) is 37.3 Å². The fraction of sp³-hybridized carbons (Fsp3) is 0.121. The molecule has 0 saturated carbocycles. The monoisotopic (exact) mass is 581 g/mol. The molecule has 0 saturated heterocycles. The summed E-state index contributed by atoms with van der Waals surface area (Å²) in [5.74, 6) is -0.210. The highest BCUT2D eigenvalue weighted by Gasteiger charge is 2.21. The first-order valence-electron chi connectivity index (χ1n) is 13.0. The first kappa shape index (κ1) is 28.4. The number of carbonyl (C=O) groups excluding carboxylic acids is 2. The number of rotatable bonds is 8. The smallest absolute Gasteiger partial charge is 0.347 e. The molecule has 8 nitrogen and oxygen atoms in total.